The number of rotatable bonds is 3. The van der Waals surface area contributed by atoms with E-state index < -0.39 is 0 Å². The van der Waals surface area contributed by atoms with E-state index in [2.05, 4.69) is 26.1 Å². The van der Waals surface area contributed by atoms with Crippen molar-refractivity contribution in [1.82, 2.24) is 5.32 Å². The first-order valence-corrected chi connectivity index (χ1v) is 7.44. The van der Waals surface area contributed by atoms with Crippen LogP contribution in [0.3, 0.4) is 0 Å². The summed E-state index contributed by atoms with van der Waals surface area (Å²) in [4.78, 5) is 0. The van der Waals surface area contributed by atoms with Gasteiger partial charge in [0, 0.05) is 12.1 Å². The Morgan fingerprint density at radius 1 is 0.938 bits per heavy atom. The molecule has 0 heterocycles. The summed E-state index contributed by atoms with van der Waals surface area (Å²) in [5, 5.41) is 3.94. The molecule has 1 nitrogen and oxygen atoms in total. The molecule has 2 aliphatic rings. The van der Waals surface area contributed by atoms with Crippen molar-refractivity contribution in [2.75, 3.05) is 0 Å². The predicted molar refractivity (Wildman–Crippen MR) is 70.5 cm³/mol. The summed E-state index contributed by atoms with van der Waals surface area (Å²) in [6, 6.07) is 1.54. The molecule has 0 aromatic rings. The monoisotopic (exact) mass is 223 g/mol. The third kappa shape index (κ3) is 2.80. The molecule has 0 aromatic heterocycles. The van der Waals surface area contributed by atoms with Gasteiger partial charge >= 0.3 is 0 Å². The van der Waals surface area contributed by atoms with Gasteiger partial charge < -0.3 is 5.32 Å². The predicted octanol–water partition coefficient (Wildman–Crippen LogP) is 3.98. The van der Waals surface area contributed by atoms with Gasteiger partial charge in [0.2, 0.25) is 0 Å². The maximum atomic E-state index is 3.94. The fourth-order valence-corrected chi connectivity index (χ4v) is 3.75. The Morgan fingerprint density at radius 2 is 1.62 bits per heavy atom. The zero-order valence-corrected chi connectivity index (χ0v) is 11.3. The summed E-state index contributed by atoms with van der Waals surface area (Å²) in [7, 11) is 0. The van der Waals surface area contributed by atoms with Gasteiger partial charge in [0.05, 0.1) is 0 Å². The lowest BCUT2D eigenvalue weighted by molar-refractivity contribution is 0.182. The molecule has 0 spiro atoms. The fraction of sp³-hybridized carbons (Fsp3) is 1.00. The first kappa shape index (κ1) is 12.4. The van der Waals surface area contributed by atoms with Crippen LogP contribution in [0.15, 0.2) is 0 Å². The average Bonchev–Trinajstić information content (AvgIpc) is 2.78. The maximum Gasteiger partial charge on any atom is 0.00978 e. The molecular formula is C15H29N. The lowest BCUT2D eigenvalue weighted by Gasteiger charge is -2.37. The number of hydrogen-bond donors (Lipinski definition) is 1. The summed E-state index contributed by atoms with van der Waals surface area (Å²) in [5.41, 5.74) is 0. The summed E-state index contributed by atoms with van der Waals surface area (Å²) >= 11 is 0. The molecule has 0 aromatic carbocycles. The largest absolute Gasteiger partial charge is 0.311 e. The average molecular weight is 223 g/mol. The highest BCUT2D eigenvalue weighted by atomic mass is 15.0. The van der Waals surface area contributed by atoms with E-state index in [0.29, 0.717) is 0 Å². The summed E-state index contributed by atoms with van der Waals surface area (Å²) in [5.74, 6) is 2.75. The molecular weight excluding hydrogens is 194 g/mol. The molecule has 1 N–H and O–H groups in total. The van der Waals surface area contributed by atoms with E-state index in [1.54, 1.807) is 0 Å². The minimum absolute atomic E-state index is 0.750. The highest BCUT2D eigenvalue weighted by Crippen LogP contribution is 2.32. The van der Waals surface area contributed by atoms with Crippen LogP contribution in [-0.4, -0.2) is 12.1 Å². The van der Waals surface area contributed by atoms with Crippen LogP contribution in [0, 0.1) is 17.8 Å². The first-order valence-electron chi connectivity index (χ1n) is 7.44. The molecule has 2 aliphatic carbocycles. The van der Waals surface area contributed by atoms with Gasteiger partial charge in [0.25, 0.3) is 0 Å². The fourth-order valence-electron chi connectivity index (χ4n) is 3.75. The Bertz CT molecular complexity index is 207. The van der Waals surface area contributed by atoms with Crippen molar-refractivity contribution >= 4 is 0 Å². The van der Waals surface area contributed by atoms with Crippen molar-refractivity contribution < 1.29 is 0 Å². The Labute approximate surface area is 101 Å². The summed E-state index contributed by atoms with van der Waals surface area (Å²) in [6.07, 6.45) is 10.1. The third-order valence-corrected chi connectivity index (χ3v) is 5.29. The normalized spacial score (nSPS) is 38.8. The highest BCUT2D eigenvalue weighted by Gasteiger charge is 2.30. The molecule has 0 aliphatic heterocycles. The van der Waals surface area contributed by atoms with E-state index in [9.17, 15) is 0 Å². The van der Waals surface area contributed by atoms with Gasteiger partial charge in [-0.15, -0.1) is 0 Å². The van der Waals surface area contributed by atoms with Crippen molar-refractivity contribution in [2.45, 2.75) is 77.8 Å². The topological polar surface area (TPSA) is 12.0 Å². The molecule has 4 atom stereocenters. The SMILES string of the molecule is CC1CCCC(N[C@H](C)C2CCCC2)C1C. The molecule has 0 amide bonds. The molecule has 2 rings (SSSR count). The van der Waals surface area contributed by atoms with Gasteiger partial charge in [-0.3, -0.25) is 0 Å². The Balaban J connectivity index is 1.83. The first-order chi connectivity index (χ1) is 7.68. The molecule has 3 unspecified atom stereocenters. The summed E-state index contributed by atoms with van der Waals surface area (Å²) < 4.78 is 0. The molecule has 2 saturated carbocycles. The van der Waals surface area contributed by atoms with Crippen LogP contribution in [0.1, 0.15) is 65.7 Å². The van der Waals surface area contributed by atoms with Crippen molar-refractivity contribution in [3.05, 3.63) is 0 Å². The molecule has 1 heteroatoms. The molecule has 94 valence electrons. The number of hydrogen-bond acceptors (Lipinski definition) is 1. The van der Waals surface area contributed by atoms with Gasteiger partial charge in [-0.1, -0.05) is 39.5 Å². The molecule has 0 bridgehead atoms. The van der Waals surface area contributed by atoms with Gasteiger partial charge in [-0.05, 0) is 43.9 Å². The van der Waals surface area contributed by atoms with Crippen LogP contribution >= 0.6 is 0 Å². The van der Waals surface area contributed by atoms with Gasteiger partial charge in [0.1, 0.15) is 0 Å². The maximum absolute atomic E-state index is 3.94. The van der Waals surface area contributed by atoms with Crippen LogP contribution in [0.5, 0.6) is 0 Å². The van der Waals surface area contributed by atoms with Gasteiger partial charge in [-0.25, -0.2) is 0 Å². The minimum Gasteiger partial charge on any atom is -0.311 e. The van der Waals surface area contributed by atoms with Gasteiger partial charge in [0.15, 0.2) is 0 Å². The van der Waals surface area contributed by atoms with Crippen molar-refractivity contribution in [3.63, 3.8) is 0 Å². The third-order valence-electron chi connectivity index (χ3n) is 5.29. The quantitative estimate of drug-likeness (QED) is 0.763. The smallest absolute Gasteiger partial charge is 0.00978 e. The van der Waals surface area contributed by atoms with Gasteiger partial charge in [-0.2, -0.15) is 0 Å². The second-order valence-corrected chi connectivity index (χ2v) is 6.37. The van der Waals surface area contributed by atoms with E-state index in [-0.39, 0.29) is 0 Å². The molecule has 0 saturated heterocycles. The van der Waals surface area contributed by atoms with E-state index in [4.69, 9.17) is 0 Å². The standard InChI is InChI=1S/C15H29N/c1-11-7-6-10-15(12(11)2)16-13(3)14-8-4-5-9-14/h11-16H,4-10H2,1-3H3/t11?,12?,13-,15?/m1/s1. The molecule has 0 radical (unpaired) electrons. The Kier molecular flexibility index (Phi) is 4.29. The minimum atomic E-state index is 0.750. The van der Waals surface area contributed by atoms with Crippen LogP contribution in [0.4, 0.5) is 0 Å². The highest BCUT2D eigenvalue weighted by molar-refractivity contribution is 4.86. The van der Waals surface area contributed by atoms with E-state index in [0.717, 1.165) is 29.8 Å². The lowest BCUT2D eigenvalue weighted by Crippen LogP contribution is -2.46. The number of nitrogens with one attached hydrogen (secondary N) is 1. The van der Waals surface area contributed by atoms with Crippen molar-refractivity contribution in [2.24, 2.45) is 17.8 Å². The second kappa shape index (κ2) is 5.53. The van der Waals surface area contributed by atoms with E-state index >= 15 is 0 Å². The Hall–Kier alpha value is -0.0400. The second-order valence-electron chi connectivity index (χ2n) is 6.37. The zero-order valence-electron chi connectivity index (χ0n) is 11.3. The molecule has 2 fully saturated rings. The Morgan fingerprint density at radius 3 is 2.31 bits per heavy atom. The van der Waals surface area contributed by atoms with Crippen LogP contribution in [-0.2, 0) is 0 Å². The van der Waals surface area contributed by atoms with E-state index in [1.165, 1.54) is 44.9 Å². The zero-order chi connectivity index (χ0) is 11.5. The lowest BCUT2D eigenvalue weighted by atomic mass is 9.77. The van der Waals surface area contributed by atoms with Crippen molar-refractivity contribution in [1.29, 1.82) is 0 Å². The van der Waals surface area contributed by atoms with Crippen LogP contribution in [0.2, 0.25) is 0 Å². The van der Waals surface area contributed by atoms with Crippen LogP contribution < -0.4 is 5.32 Å². The van der Waals surface area contributed by atoms with Crippen LogP contribution in [0.25, 0.3) is 0 Å². The molecule has 16 heavy (non-hydrogen) atoms. The summed E-state index contributed by atoms with van der Waals surface area (Å²) in [6.45, 7) is 7.30. The van der Waals surface area contributed by atoms with E-state index in [1.807, 2.05) is 0 Å². The van der Waals surface area contributed by atoms with Crippen molar-refractivity contribution in [3.8, 4) is 0 Å².